The number of morpholine rings is 1. The normalized spacial score (nSPS) is 18.0. The van der Waals surface area contributed by atoms with Gasteiger partial charge in [-0.1, -0.05) is 20.8 Å². The maximum absolute atomic E-state index is 13.8. The number of benzene rings is 1. The van der Waals surface area contributed by atoms with Gasteiger partial charge < -0.3 is 20.7 Å². The Morgan fingerprint density at radius 2 is 2.00 bits per heavy atom. The van der Waals surface area contributed by atoms with Crippen LogP contribution in [0.1, 0.15) is 45.6 Å². The number of halogens is 2. The van der Waals surface area contributed by atoms with E-state index in [1.165, 1.54) is 17.0 Å². The van der Waals surface area contributed by atoms with Crippen LogP contribution in [0.4, 0.5) is 20.2 Å². The van der Waals surface area contributed by atoms with Crippen molar-refractivity contribution in [1.29, 1.82) is 0 Å². The van der Waals surface area contributed by atoms with Gasteiger partial charge in [0, 0.05) is 30.9 Å². The van der Waals surface area contributed by atoms with Crippen LogP contribution in [0.25, 0.3) is 0 Å². The predicted octanol–water partition coefficient (Wildman–Crippen LogP) is 2.54. The number of hydrogen-bond acceptors (Lipinski definition) is 5. The minimum absolute atomic E-state index is 0.0749. The van der Waals surface area contributed by atoms with E-state index < -0.39 is 30.2 Å². The zero-order chi connectivity index (χ0) is 24.3. The van der Waals surface area contributed by atoms with Crippen LogP contribution >= 0.6 is 0 Å². The Hall–Kier alpha value is -2.59. The summed E-state index contributed by atoms with van der Waals surface area (Å²) in [7, 11) is 0. The molecule has 33 heavy (non-hydrogen) atoms. The molecule has 1 aromatic rings. The summed E-state index contributed by atoms with van der Waals surface area (Å²) in [5.74, 6) is -1.45. The lowest BCUT2D eigenvalue weighted by atomic mass is 9.94. The second-order valence-corrected chi connectivity index (χ2v) is 9.90. The molecule has 0 unspecified atom stereocenters. The number of rotatable bonds is 9. The van der Waals surface area contributed by atoms with E-state index in [0.29, 0.717) is 19.0 Å². The molecule has 1 aromatic carbocycles. The molecule has 3 N–H and O–H groups in total. The first-order valence-corrected chi connectivity index (χ1v) is 11.1. The number of carbonyl (C=O) groups is 3. The van der Waals surface area contributed by atoms with Gasteiger partial charge in [0.15, 0.2) is 6.04 Å². The Morgan fingerprint density at radius 1 is 1.30 bits per heavy atom. The number of anilines is 2. The zero-order valence-corrected chi connectivity index (χ0v) is 19.3. The fourth-order valence-electron chi connectivity index (χ4n) is 4.01. The molecule has 0 bridgehead atoms. The monoisotopic (exact) mass is 466 g/mol. The summed E-state index contributed by atoms with van der Waals surface area (Å²) in [5.41, 5.74) is 5.22. The van der Waals surface area contributed by atoms with Gasteiger partial charge >= 0.3 is 0 Å². The van der Waals surface area contributed by atoms with Gasteiger partial charge in [-0.3, -0.25) is 19.3 Å². The molecule has 1 saturated heterocycles. The summed E-state index contributed by atoms with van der Waals surface area (Å²) in [6, 6.07) is 2.72. The Balaban J connectivity index is 1.83. The Labute approximate surface area is 192 Å². The van der Waals surface area contributed by atoms with E-state index in [9.17, 15) is 23.2 Å². The maximum Gasteiger partial charge on any atom is 0.265 e. The summed E-state index contributed by atoms with van der Waals surface area (Å²) < 4.78 is 32.7. The van der Waals surface area contributed by atoms with Crippen LogP contribution in [0.2, 0.25) is 0 Å². The first-order chi connectivity index (χ1) is 15.5. The van der Waals surface area contributed by atoms with Crippen LogP contribution in [0.5, 0.6) is 0 Å². The second-order valence-electron chi connectivity index (χ2n) is 9.90. The van der Waals surface area contributed by atoms with E-state index in [4.69, 9.17) is 10.5 Å². The molecule has 0 radical (unpaired) electrons. The van der Waals surface area contributed by atoms with E-state index in [2.05, 4.69) is 5.32 Å². The highest BCUT2D eigenvalue weighted by atomic mass is 19.3. The lowest BCUT2D eigenvalue weighted by Gasteiger charge is -2.34. The van der Waals surface area contributed by atoms with Crippen molar-refractivity contribution in [2.45, 2.75) is 46.1 Å². The minimum atomic E-state index is -2.87. The highest BCUT2D eigenvalue weighted by Gasteiger charge is 2.37. The first kappa shape index (κ1) is 25.0. The molecule has 1 atom stereocenters. The van der Waals surface area contributed by atoms with Crippen molar-refractivity contribution in [2.24, 2.45) is 17.1 Å². The summed E-state index contributed by atoms with van der Waals surface area (Å²) in [4.78, 5) is 40.5. The fraction of sp³-hybridized carbons (Fsp3) is 0.609. The summed E-state index contributed by atoms with van der Waals surface area (Å²) in [5, 5.41) is 2.58. The molecule has 0 aromatic heterocycles. The number of hydrogen-bond donors (Lipinski definition) is 2. The summed E-state index contributed by atoms with van der Waals surface area (Å²) >= 11 is 0. The Bertz CT molecular complexity index is 899. The summed E-state index contributed by atoms with van der Waals surface area (Å²) in [6.07, 6.45) is -0.799. The number of ether oxygens (including phenoxy) is 1. The number of nitrogens with zero attached hydrogens (tertiary/aromatic N) is 2. The highest BCUT2D eigenvalue weighted by molar-refractivity contribution is 6.09. The molecule has 3 rings (SSSR count). The third kappa shape index (κ3) is 6.70. The molecule has 2 aliphatic rings. The van der Waals surface area contributed by atoms with E-state index in [-0.39, 0.29) is 42.1 Å². The van der Waals surface area contributed by atoms with E-state index in [0.717, 1.165) is 18.9 Å². The van der Waals surface area contributed by atoms with Crippen molar-refractivity contribution in [3.05, 3.63) is 23.8 Å². The van der Waals surface area contributed by atoms with Crippen molar-refractivity contribution in [2.75, 3.05) is 43.1 Å². The lowest BCUT2D eigenvalue weighted by Crippen LogP contribution is -2.54. The molecule has 10 heteroatoms. The van der Waals surface area contributed by atoms with Crippen molar-refractivity contribution in [3.8, 4) is 0 Å². The van der Waals surface area contributed by atoms with Crippen LogP contribution in [0.3, 0.4) is 0 Å². The number of amides is 3. The Morgan fingerprint density at radius 3 is 2.55 bits per heavy atom. The lowest BCUT2D eigenvalue weighted by molar-refractivity contribution is -0.133. The predicted molar refractivity (Wildman–Crippen MR) is 120 cm³/mol. The molecular formula is C23H32F2N4O4. The summed E-state index contributed by atoms with van der Waals surface area (Å²) in [6.45, 7) is 7.29. The molecule has 1 saturated carbocycles. The van der Waals surface area contributed by atoms with Crippen molar-refractivity contribution >= 4 is 29.1 Å². The van der Waals surface area contributed by atoms with Gasteiger partial charge in [-0.15, -0.1) is 0 Å². The SMILES string of the molecule is CC(C)(C)CN(CC1CC1)[C@H](C(N)=O)C(=O)Nc1ccc(N2CCOCC2=O)c(C(F)F)c1. The van der Waals surface area contributed by atoms with E-state index >= 15 is 0 Å². The zero-order valence-electron chi connectivity index (χ0n) is 19.3. The number of carbonyl (C=O) groups excluding carboxylic acids is 3. The molecule has 182 valence electrons. The van der Waals surface area contributed by atoms with Crippen LogP contribution in [-0.2, 0) is 19.1 Å². The molecule has 0 spiro atoms. The average molecular weight is 467 g/mol. The van der Waals surface area contributed by atoms with Crippen LogP contribution in [-0.4, -0.2) is 61.5 Å². The van der Waals surface area contributed by atoms with E-state index in [1.807, 2.05) is 20.8 Å². The minimum Gasteiger partial charge on any atom is -0.370 e. The second kappa shape index (κ2) is 10.1. The first-order valence-electron chi connectivity index (χ1n) is 11.1. The largest absolute Gasteiger partial charge is 0.370 e. The average Bonchev–Trinajstić information content (AvgIpc) is 3.51. The molecule has 2 fully saturated rings. The molecule has 1 heterocycles. The topological polar surface area (TPSA) is 105 Å². The molecule has 1 aliphatic heterocycles. The third-order valence-corrected chi connectivity index (χ3v) is 5.56. The molecule has 3 amide bonds. The quantitative estimate of drug-likeness (QED) is 0.544. The smallest absolute Gasteiger partial charge is 0.265 e. The highest BCUT2D eigenvalue weighted by Crippen LogP contribution is 2.34. The molecule has 1 aliphatic carbocycles. The van der Waals surface area contributed by atoms with E-state index in [1.54, 1.807) is 4.90 Å². The number of nitrogens with one attached hydrogen (secondary N) is 1. The molecule has 8 nitrogen and oxygen atoms in total. The third-order valence-electron chi connectivity index (χ3n) is 5.56. The van der Waals surface area contributed by atoms with Crippen LogP contribution in [0.15, 0.2) is 18.2 Å². The van der Waals surface area contributed by atoms with Gasteiger partial charge in [-0.25, -0.2) is 8.78 Å². The fourth-order valence-corrected chi connectivity index (χ4v) is 4.01. The number of alkyl halides is 2. The number of primary amides is 1. The van der Waals surface area contributed by atoms with Gasteiger partial charge in [0.2, 0.25) is 5.91 Å². The van der Waals surface area contributed by atoms with Crippen molar-refractivity contribution < 1.29 is 27.9 Å². The van der Waals surface area contributed by atoms with Gasteiger partial charge in [0.25, 0.3) is 18.2 Å². The van der Waals surface area contributed by atoms with Crippen molar-refractivity contribution in [1.82, 2.24) is 4.90 Å². The number of nitrogens with two attached hydrogens (primary N) is 1. The van der Waals surface area contributed by atoms with Crippen molar-refractivity contribution in [3.63, 3.8) is 0 Å². The van der Waals surface area contributed by atoms with Gasteiger partial charge in [0.1, 0.15) is 6.61 Å². The van der Waals surface area contributed by atoms with Gasteiger partial charge in [-0.2, -0.15) is 0 Å². The standard InChI is InChI=1S/C23H32F2N4O4/c1-23(2,3)13-28(11-14-4-5-14)19(21(26)31)22(32)27-15-6-7-17(16(10-15)20(24)25)29-8-9-33-12-18(29)30/h6-7,10,14,19-20H,4-5,8-9,11-13H2,1-3H3,(H2,26,31)(H,27,32)/t19-/m1/s1. The van der Waals surface area contributed by atoms with Gasteiger partial charge in [0.05, 0.1) is 12.3 Å². The maximum atomic E-state index is 13.8. The van der Waals surface area contributed by atoms with Crippen LogP contribution < -0.4 is 16.0 Å². The Kier molecular flexibility index (Phi) is 7.69. The molecular weight excluding hydrogens is 434 g/mol. The van der Waals surface area contributed by atoms with Gasteiger partial charge in [-0.05, 0) is 42.4 Å². The van der Waals surface area contributed by atoms with Crippen LogP contribution in [0, 0.1) is 11.3 Å².